The number of carbonyl (C=O) groups is 1. The summed E-state index contributed by atoms with van der Waals surface area (Å²) < 4.78 is 1.75. The SMILES string of the molecule is Nc1ncnc2c1ncn2[C@@H]1CN(C(=O)c2ccc3nc[nH]c3c2)C[C@H]1O. The van der Waals surface area contributed by atoms with Crippen molar-refractivity contribution < 1.29 is 9.90 Å². The molecular formula is C17H16N8O2. The second-order valence-corrected chi connectivity index (χ2v) is 6.56. The fraction of sp³-hybridized carbons (Fsp3) is 0.235. The molecule has 10 nitrogen and oxygen atoms in total. The number of β-amino-alcohol motifs (C(OH)–C–C–N with tert-alkyl or cyclic N) is 1. The van der Waals surface area contributed by atoms with E-state index in [9.17, 15) is 9.90 Å². The molecule has 0 spiro atoms. The maximum Gasteiger partial charge on any atom is 0.254 e. The number of likely N-dealkylation sites (tertiary alicyclic amines) is 1. The van der Waals surface area contributed by atoms with Crippen LogP contribution < -0.4 is 5.73 Å². The molecule has 4 N–H and O–H groups in total. The first-order valence-electron chi connectivity index (χ1n) is 8.45. The number of imidazole rings is 2. The van der Waals surface area contributed by atoms with Crippen LogP contribution in [0.5, 0.6) is 0 Å². The number of nitrogen functional groups attached to an aromatic ring is 1. The van der Waals surface area contributed by atoms with Gasteiger partial charge in [-0.1, -0.05) is 0 Å². The van der Waals surface area contributed by atoms with Crippen LogP contribution in [0.15, 0.2) is 37.2 Å². The molecule has 3 aromatic heterocycles. The number of carbonyl (C=O) groups excluding carboxylic acids is 1. The van der Waals surface area contributed by atoms with E-state index in [1.807, 2.05) is 0 Å². The van der Waals surface area contributed by atoms with Gasteiger partial charge in [0.05, 0.1) is 35.8 Å². The molecule has 0 radical (unpaired) electrons. The first-order valence-corrected chi connectivity index (χ1v) is 8.45. The van der Waals surface area contributed by atoms with Gasteiger partial charge in [-0.15, -0.1) is 0 Å². The van der Waals surface area contributed by atoms with Crippen molar-refractivity contribution in [2.75, 3.05) is 18.8 Å². The van der Waals surface area contributed by atoms with Crippen molar-refractivity contribution in [1.82, 2.24) is 34.4 Å². The summed E-state index contributed by atoms with van der Waals surface area (Å²) in [6, 6.07) is 4.95. The van der Waals surface area contributed by atoms with Crippen molar-refractivity contribution in [3.05, 3.63) is 42.7 Å². The number of amides is 1. The summed E-state index contributed by atoms with van der Waals surface area (Å²) in [5.74, 6) is 0.138. The number of hydrogen-bond acceptors (Lipinski definition) is 7. The van der Waals surface area contributed by atoms with Gasteiger partial charge in [0, 0.05) is 18.7 Å². The molecule has 0 saturated carbocycles. The minimum atomic E-state index is -0.738. The van der Waals surface area contributed by atoms with E-state index in [1.54, 1.807) is 40.3 Å². The number of aliphatic hydroxyl groups is 1. The summed E-state index contributed by atoms with van der Waals surface area (Å²) >= 11 is 0. The third-order valence-corrected chi connectivity index (χ3v) is 4.96. The number of hydrogen-bond donors (Lipinski definition) is 3. The molecule has 1 fully saturated rings. The minimum Gasteiger partial charge on any atom is -0.389 e. The molecule has 27 heavy (non-hydrogen) atoms. The number of H-pyrrole nitrogens is 1. The van der Waals surface area contributed by atoms with Gasteiger partial charge < -0.3 is 25.3 Å². The number of nitrogens with zero attached hydrogens (tertiary/aromatic N) is 6. The Hall–Kier alpha value is -3.53. The zero-order valence-electron chi connectivity index (χ0n) is 14.1. The monoisotopic (exact) mass is 364 g/mol. The lowest BCUT2D eigenvalue weighted by Crippen LogP contribution is -2.29. The summed E-state index contributed by atoms with van der Waals surface area (Å²) in [6.07, 6.45) is 3.79. The summed E-state index contributed by atoms with van der Waals surface area (Å²) in [5.41, 5.74) is 8.99. The number of rotatable bonds is 2. The summed E-state index contributed by atoms with van der Waals surface area (Å²) in [7, 11) is 0. The van der Waals surface area contributed by atoms with Gasteiger partial charge in [-0.05, 0) is 18.2 Å². The number of aliphatic hydroxyl groups excluding tert-OH is 1. The van der Waals surface area contributed by atoms with Gasteiger partial charge in [0.1, 0.15) is 11.8 Å². The summed E-state index contributed by atoms with van der Waals surface area (Å²) in [5, 5.41) is 10.6. The van der Waals surface area contributed by atoms with Crippen molar-refractivity contribution in [3.63, 3.8) is 0 Å². The summed E-state index contributed by atoms with van der Waals surface area (Å²) in [6.45, 7) is 0.571. The average Bonchev–Trinajstić information content (AvgIpc) is 3.38. The molecule has 0 bridgehead atoms. The first-order chi connectivity index (χ1) is 13.1. The number of aromatic amines is 1. The van der Waals surface area contributed by atoms with Crippen molar-refractivity contribution in [1.29, 1.82) is 0 Å². The highest BCUT2D eigenvalue weighted by atomic mass is 16.3. The normalized spacial score (nSPS) is 20.0. The smallest absolute Gasteiger partial charge is 0.254 e. The van der Waals surface area contributed by atoms with Gasteiger partial charge in [-0.2, -0.15) is 0 Å². The molecular weight excluding hydrogens is 348 g/mol. The highest BCUT2D eigenvalue weighted by Gasteiger charge is 2.36. The van der Waals surface area contributed by atoms with Gasteiger partial charge in [-0.3, -0.25) is 4.79 Å². The van der Waals surface area contributed by atoms with Crippen molar-refractivity contribution in [3.8, 4) is 0 Å². The molecule has 1 aliphatic heterocycles. The predicted molar refractivity (Wildman–Crippen MR) is 96.8 cm³/mol. The Morgan fingerprint density at radius 3 is 3.00 bits per heavy atom. The van der Waals surface area contributed by atoms with Crippen molar-refractivity contribution in [2.45, 2.75) is 12.1 Å². The minimum absolute atomic E-state index is 0.147. The third kappa shape index (κ3) is 2.41. The lowest BCUT2D eigenvalue weighted by atomic mass is 10.2. The Labute approximate surface area is 152 Å². The van der Waals surface area contributed by atoms with Crippen LogP contribution in [0.2, 0.25) is 0 Å². The van der Waals surface area contributed by atoms with Gasteiger partial charge in [0.2, 0.25) is 0 Å². The van der Waals surface area contributed by atoms with Crippen LogP contribution in [0.25, 0.3) is 22.2 Å². The molecule has 1 amide bonds. The Morgan fingerprint density at radius 2 is 2.11 bits per heavy atom. The summed E-state index contributed by atoms with van der Waals surface area (Å²) in [4.78, 5) is 34.1. The fourth-order valence-electron chi connectivity index (χ4n) is 3.57. The van der Waals surface area contributed by atoms with Crippen LogP contribution in [0.3, 0.4) is 0 Å². The average molecular weight is 364 g/mol. The van der Waals surface area contributed by atoms with Crippen LogP contribution in [-0.4, -0.2) is 64.6 Å². The molecule has 1 aliphatic rings. The standard InChI is InChI=1S/C17H16N8O2/c18-15-14-16(22-7-21-15)25(8-23-14)12-4-24(5-13(12)26)17(27)9-1-2-10-11(3-9)20-6-19-10/h1-3,6-8,12-13,26H,4-5H2,(H,19,20)(H2,18,21,22)/t12-,13-/m1/s1. The van der Waals surface area contributed by atoms with E-state index < -0.39 is 6.10 Å². The molecule has 5 rings (SSSR count). The lowest BCUT2D eigenvalue weighted by Gasteiger charge is -2.17. The van der Waals surface area contributed by atoms with Crippen molar-refractivity contribution >= 4 is 33.9 Å². The molecule has 0 unspecified atom stereocenters. The highest BCUT2D eigenvalue weighted by Crippen LogP contribution is 2.28. The zero-order valence-corrected chi connectivity index (χ0v) is 14.1. The number of anilines is 1. The Balaban J connectivity index is 1.44. The molecule has 1 saturated heterocycles. The van der Waals surface area contributed by atoms with Crippen LogP contribution in [-0.2, 0) is 0 Å². The van der Waals surface area contributed by atoms with E-state index in [0.29, 0.717) is 23.3 Å². The van der Waals surface area contributed by atoms with Gasteiger partial charge in [-0.25, -0.2) is 19.9 Å². The van der Waals surface area contributed by atoms with Gasteiger partial charge in [0.15, 0.2) is 11.5 Å². The topological polar surface area (TPSA) is 139 Å². The van der Waals surface area contributed by atoms with Gasteiger partial charge in [0.25, 0.3) is 5.91 Å². The maximum absolute atomic E-state index is 12.9. The number of fused-ring (bicyclic) bond motifs is 2. The number of aromatic nitrogens is 6. The predicted octanol–water partition coefficient (Wildman–Crippen LogP) is 0.343. The Morgan fingerprint density at radius 1 is 1.22 bits per heavy atom. The molecule has 4 heterocycles. The van der Waals surface area contributed by atoms with Crippen molar-refractivity contribution in [2.24, 2.45) is 0 Å². The number of benzene rings is 1. The Bertz CT molecular complexity index is 1170. The largest absolute Gasteiger partial charge is 0.389 e. The van der Waals surface area contributed by atoms with E-state index >= 15 is 0 Å². The first kappa shape index (κ1) is 15.7. The molecule has 4 aromatic rings. The molecule has 10 heteroatoms. The quantitative estimate of drug-likeness (QED) is 0.466. The highest BCUT2D eigenvalue weighted by molar-refractivity contribution is 5.97. The maximum atomic E-state index is 12.9. The van der Waals surface area contributed by atoms with Crippen LogP contribution in [0.4, 0.5) is 5.82 Å². The van der Waals surface area contributed by atoms with E-state index in [4.69, 9.17) is 5.73 Å². The fourth-order valence-corrected chi connectivity index (χ4v) is 3.57. The third-order valence-electron chi connectivity index (χ3n) is 4.96. The molecule has 1 aromatic carbocycles. The second kappa shape index (κ2) is 5.74. The lowest BCUT2D eigenvalue weighted by molar-refractivity contribution is 0.0765. The number of nitrogens with two attached hydrogens (primary N) is 1. The number of nitrogens with one attached hydrogen (secondary N) is 1. The zero-order chi connectivity index (χ0) is 18.5. The molecule has 0 aliphatic carbocycles. The van der Waals surface area contributed by atoms with Crippen LogP contribution in [0, 0.1) is 0 Å². The second-order valence-electron chi connectivity index (χ2n) is 6.56. The molecule has 136 valence electrons. The Kier molecular flexibility index (Phi) is 3.34. The van der Waals surface area contributed by atoms with Crippen LogP contribution >= 0.6 is 0 Å². The van der Waals surface area contributed by atoms with E-state index in [-0.39, 0.29) is 24.3 Å². The van der Waals surface area contributed by atoms with Gasteiger partial charge >= 0.3 is 0 Å². The molecule has 2 atom stereocenters. The van der Waals surface area contributed by atoms with E-state index in [0.717, 1.165) is 11.0 Å². The van der Waals surface area contributed by atoms with E-state index in [2.05, 4.69) is 24.9 Å². The van der Waals surface area contributed by atoms with Crippen LogP contribution in [0.1, 0.15) is 16.4 Å². The van der Waals surface area contributed by atoms with E-state index in [1.165, 1.54) is 6.33 Å².